The number of H-pyrrole nitrogens is 1. The first-order valence-electron chi connectivity index (χ1n) is 7.41. The number of aromatic amines is 1. The predicted molar refractivity (Wildman–Crippen MR) is 82.2 cm³/mol. The van der Waals surface area contributed by atoms with Crippen molar-refractivity contribution < 1.29 is 9.84 Å². The molecule has 0 spiro atoms. The van der Waals surface area contributed by atoms with Crippen LogP contribution in [0.4, 0.5) is 0 Å². The molecule has 2 aromatic heterocycles. The van der Waals surface area contributed by atoms with Crippen LogP contribution in [0.1, 0.15) is 11.3 Å². The zero-order chi connectivity index (χ0) is 15.7. The number of aromatic nitrogens is 3. The molecule has 7 nitrogen and oxygen atoms in total. The molecule has 1 aliphatic rings. The molecule has 3 rings (SSSR count). The van der Waals surface area contributed by atoms with Crippen molar-refractivity contribution in [3.05, 3.63) is 35.1 Å². The molecule has 0 aromatic carbocycles. The van der Waals surface area contributed by atoms with Crippen molar-refractivity contribution in [1.82, 2.24) is 19.8 Å². The fraction of sp³-hybridized carbons (Fsp3) is 0.467. The minimum Gasteiger partial charge on any atom is -0.618 e. The maximum atomic E-state index is 12.0. The number of nitrogens with zero attached hydrogens (tertiary/aromatic N) is 4. The van der Waals surface area contributed by atoms with E-state index in [0.717, 1.165) is 36.5 Å². The molecule has 22 heavy (non-hydrogen) atoms. The van der Waals surface area contributed by atoms with E-state index in [2.05, 4.69) is 26.8 Å². The molecular weight excluding hydrogens is 282 g/mol. The van der Waals surface area contributed by atoms with Gasteiger partial charge in [-0.25, -0.2) is 4.98 Å². The maximum Gasteiger partial charge on any atom is 0.232 e. The van der Waals surface area contributed by atoms with Gasteiger partial charge in [-0.15, -0.1) is 0 Å². The van der Waals surface area contributed by atoms with Crippen LogP contribution < -0.4 is 4.73 Å². The second kappa shape index (κ2) is 5.94. The Morgan fingerprint density at radius 2 is 2.09 bits per heavy atom. The molecule has 1 aliphatic heterocycles. The SMILES string of the molecule is Cc1c(O)c(-c2ncc[nH]2)c(CN2CCN(C)CC2)c[n+]1[O-]. The van der Waals surface area contributed by atoms with Crippen LogP contribution in [0.3, 0.4) is 0 Å². The lowest BCUT2D eigenvalue weighted by Crippen LogP contribution is -2.44. The molecule has 7 heteroatoms. The van der Waals surface area contributed by atoms with E-state index in [-0.39, 0.29) is 11.4 Å². The number of hydrogen-bond acceptors (Lipinski definition) is 5. The summed E-state index contributed by atoms with van der Waals surface area (Å²) in [5.41, 5.74) is 1.69. The lowest BCUT2D eigenvalue weighted by atomic mass is 10.1. The summed E-state index contributed by atoms with van der Waals surface area (Å²) >= 11 is 0. The summed E-state index contributed by atoms with van der Waals surface area (Å²) in [6.45, 7) is 6.13. The quantitative estimate of drug-likeness (QED) is 0.636. The first kappa shape index (κ1) is 14.8. The Morgan fingerprint density at radius 3 is 2.73 bits per heavy atom. The zero-order valence-electron chi connectivity index (χ0n) is 12.9. The van der Waals surface area contributed by atoms with Crippen LogP contribution in [-0.4, -0.2) is 58.1 Å². The second-order valence-electron chi connectivity index (χ2n) is 5.81. The van der Waals surface area contributed by atoms with Crippen LogP contribution in [0.15, 0.2) is 18.6 Å². The molecule has 118 valence electrons. The van der Waals surface area contributed by atoms with Gasteiger partial charge in [0.2, 0.25) is 5.69 Å². The van der Waals surface area contributed by atoms with Crippen molar-refractivity contribution in [3.63, 3.8) is 0 Å². The number of aromatic hydroxyl groups is 1. The molecule has 3 heterocycles. The van der Waals surface area contributed by atoms with Crippen molar-refractivity contribution >= 4 is 0 Å². The van der Waals surface area contributed by atoms with Gasteiger partial charge in [0.15, 0.2) is 11.9 Å². The van der Waals surface area contributed by atoms with E-state index in [1.165, 1.54) is 0 Å². The van der Waals surface area contributed by atoms with E-state index in [1.54, 1.807) is 25.5 Å². The van der Waals surface area contributed by atoms with Crippen molar-refractivity contribution in [2.75, 3.05) is 33.2 Å². The Kier molecular flexibility index (Phi) is 4.00. The Bertz CT molecular complexity index is 648. The number of piperazine rings is 1. The second-order valence-corrected chi connectivity index (χ2v) is 5.81. The molecule has 0 amide bonds. The van der Waals surface area contributed by atoms with Gasteiger partial charge < -0.3 is 20.2 Å². The number of likely N-dealkylation sites (N-methyl/N-ethyl adjacent to an activating group) is 1. The Balaban J connectivity index is 1.96. The first-order valence-corrected chi connectivity index (χ1v) is 7.41. The molecule has 0 atom stereocenters. The van der Waals surface area contributed by atoms with Crippen LogP contribution in [0.5, 0.6) is 5.75 Å². The highest BCUT2D eigenvalue weighted by Crippen LogP contribution is 2.32. The van der Waals surface area contributed by atoms with Crippen LogP contribution in [0.25, 0.3) is 11.4 Å². The Labute approximate surface area is 129 Å². The maximum absolute atomic E-state index is 12.0. The number of hydrogen-bond donors (Lipinski definition) is 2. The van der Waals surface area contributed by atoms with E-state index in [9.17, 15) is 10.3 Å². The molecule has 2 aromatic rings. The largest absolute Gasteiger partial charge is 0.618 e. The summed E-state index contributed by atoms with van der Waals surface area (Å²) in [4.78, 5) is 11.8. The zero-order valence-corrected chi connectivity index (χ0v) is 12.9. The van der Waals surface area contributed by atoms with Crippen molar-refractivity contribution in [2.24, 2.45) is 0 Å². The number of nitrogens with one attached hydrogen (secondary N) is 1. The van der Waals surface area contributed by atoms with Crippen molar-refractivity contribution in [2.45, 2.75) is 13.5 Å². The monoisotopic (exact) mass is 303 g/mol. The highest BCUT2D eigenvalue weighted by atomic mass is 16.5. The third-order valence-electron chi connectivity index (χ3n) is 4.23. The smallest absolute Gasteiger partial charge is 0.232 e. The summed E-state index contributed by atoms with van der Waals surface area (Å²) in [6, 6.07) is 0. The third kappa shape index (κ3) is 2.77. The molecule has 0 saturated carbocycles. The highest BCUT2D eigenvalue weighted by molar-refractivity contribution is 5.67. The Hall–Kier alpha value is -2.12. The normalized spacial score (nSPS) is 17.0. The van der Waals surface area contributed by atoms with Crippen LogP contribution in [0, 0.1) is 12.1 Å². The van der Waals surface area contributed by atoms with Gasteiger partial charge in [0, 0.05) is 57.6 Å². The predicted octanol–water partition coefficient (Wildman–Crippen LogP) is 0.472. The van der Waals surface area contributed by atoms with Gasteiger partial charge in [-0.3, -0.25) is 4.90 Å². The van der Waals surface area contributed by atoms with Crippen LogP contribution >= 0.6 is 0 Å². The number of pyridine rings is 1. The number of imidazole rings is 1. The van der Waals surface area contributed by atoms with Crippen LogP contribution in [-0.2, 0) is 6.54 Å². The standard InChI is InChI=1S/C15H21N5O2/c1-11-14(21)13(15-16-3-4-17-15)12(10-20(11)22)9-19-7-5-18(2)6-8-19/h3-4,10,21H,5-9H2,1-2H3,(H,16,17). The number of rotatable bonds is 3. The van der Waals surface area contributed by atoms with E-state index >= 15 is 0 Å². The topological polar surface area (TPSA) is 82.3 Å². The van der Waals surface area contributed by atoms with Gasteiger partial charge in [0.1, 0.15) is 5.82 Å². The van der Waals surface area contributed by atoms with E-state index < -0.39 is 0 Å². The average Bonchev–Trinajstić information content (AvgIpc) is 3.01. The molecule has 2 N–H and O–H groups in total. The Morgan fingerprint density at radius 1 is 1.36 bits per heavy atom. The summed E-state index contributed by atoms with van der Waals surface area (Å²) in [7, 11) is 2.11. The summed E-state index contributed by atoms with van der Waals surface area (Å²) in [5, 5.41) is 22.4. The van der Waals surface area contributed by atoms with E-state index in [1.807, 2.05) is 0 Å². The van der Waals surface area contributed by atoms with E-state index in [4.69, 9.17) is 0 Å². The summed E-state index contributed by atoms with van der Waals surface area (Å²) < 4.78 is 0.729. The van der Waals surface area contributed by atoms with Crippen LogP contribution in [0.2, 0.25) is 0 Å². The lowest BCUT2D eigenvalue weighted by molar-refractivity contribution is -0.613. The lowest BCUT2D eigenvalue weighted by Gasteiger charge is -2.32. The summed E-state index contributed by atoms with van der Waals surface area (Å²) in [6.07, 6.45) is 4.90. The molecule has 1 fully saturated rings. The fourth-order valence-corrected chi connectivity index (χ4v) is 2.77. The molecule has 1 saturated heterocycles. The molecule has 0 radical (unpaired) electrons. The van der Waals surface area contributed by atoms with Gasteiger partial charge in [0.05, 0.1) is 5.56 Å². The van der Waals surface area contributed by atoms with Gasteiger partial charge in [-0.05, 0) is 7.05 Å². The average molecular weight is 303 g/mol. The van der Waals surface area contributed by atoms with Gasteiger partial charge in [0.25, 0.3) is 0 Å². The first-order chi connectivity index (χ1) is 10.6. The molecular formula is C15H21N5O2. The van der Waals surface area contributed by atoms with Gasteiger partial charge >= 0.3 is 0 Å². The third-order valence-corrected chi connectivity index (χ3v) is 4.23. The molecule has 0 unspecified atom stereocenters. The molecule has 0 aliphatic carbocycles. The fourth-order valence-electron chi connectivity index (χ4n) is 2.77. The van der Waals surface area contributed by atoms with Gasteiger partial charge in [-0.2, -0.15) is 4.73 Å². The van der Waals surface area contributed by atoms with Gasteiger partial charge in [-0.1, -0.05) is 0 Å². The highest BCUT2D eigenvalue weighted by Gasteiger charge is 2.24. The van der Waals surface area contributed by atoms with Crippen molar-refractivity contribution in [1.29, 1.82) is 0 Å². The van der Waals surface area contributed by atoms with E-state index in [0.29, 0.717) is 17.9 Å². The summed E-state index contributed by atoms with van der Waals surface area (Å²) in [5.74, 6) is 0.585. The minimum absolute atomic E-state index is 0.00317. The van der Waals surface area contributed by atoms with Crippen molar-refractivity contribution in [3.8, 4) is 17.1 Å². The minimum atomic E-state index is -0.00317. The molecule has 0 bridgehead atoms.